The highest BCUT2D eigenvalue weighted by Gasteiger charge is 2.22. The van der Waals surface area contributed by atoms with Crippen molar-refractivity contribution in [2.45, 2.75) is 46.1 Å². The van der Waals surface area contributed by atoms with Crippen molar-refractivity contribution in [2.24, 2.45) is 0 Å². The van der Waals surface area contributed by atoms with E-state index < -0.39 is 0 Å². The lowest BCUT2D eigenvalue weighted by atomic mass is 10.1. The molecule has 35 heavy (non-hydrogen) atoms. The summed E-state index contributed by atoms with van der Waals surface area (Å²) in [5.74, 6) is 1.39. The van der Waals surface area contributed by atoms with Crippen LogP contribution in [0.3, 0.4) is 0 Å². The minimum Gasteiger partial charge on any atom is -0.459 e. The summed E-state index contributed by atoms with van der Waals surface area (Å²) in [5, 5.41) is 7.46. The number of hydrogen-bond donors (Lipinski definition) is 2. The Bertz CT molecular complexity index is 1170. The van der Waals surface area contributed by atoms with Gasteiger partial charge in [-0.15, -0.1) is 5.10 Å². The Labute approximate surface area is 205 Å². The lowest BCUT2D eigenvalue weighted by Gasteiger charge is -2.36. The number of rotatable bonds is 9. The van der Waals surface area contributed by atoms with Crippen molar-refractivity contribution in [3.8, 4) is 6.01 Å². The third-order valence-electron chi connectivity index (χ3n) is 6.19. The molecule has 1 fully saturated rings. The molecule has 4 rings (SSSR count). The molecule has 1 aliphatic rings. The number of nitrogens with zero attached hydrogens (tertiary/aromatic N) is 7. The van der Waals surface area contributed by atoms with Crippen molar-refractivity contribution in [3.05, 3.63) is 35.3 Å². The van der Waals surface area contributed by atoms with Crippen LogP contribution in [-0.2, 0) is 11.2 Å². The number of aryl methyl sites for hydroxylation is 1. The maximum atomic E-state index is 12.1. The predicted octanol–water partition coefficient (Wildman–Crippen LogP) is 1.44. The Balaban J connectivity index is 1.47. The van der Waals surface area contributed by atoms with Gasteiger partial charge in [-0.3, -0.25) is 4.79 Å². The summed E-state index contributed by atoms with van der Waals surface area (Å²) in [6.07, 6.45) is 6.20. The van der Waals surface area contributed by atoms with Gasteiger partial charge in [0.15, 0.2) is 11.5 Å². The van der Waals surface area contributed by atoms with Gasteiger partial charge in [0.1, 0.15) is 5.82 Å². The fourth-order valence-corrected chi connectivity index (χ4v) is 4.44. The maximum Gasteiger partial charge on any atom is 0.336 e. The Morgan fingerprint density at radius 1 is 1.23 bits per heavy atom. The van der Waals surface area contributed by atoms with Crippen molar-refractivity contribution in [2.75, 3.05) is 50.4 Å². The number of imidazole rings is 1. The van der Waals surface area contributed by atoms with Crippen LogP contribution in [0.5, 0.6) is 6.01 Å². The Morgan fingerprint density at radius 2 is 2.00 bits per heavy atom. The third kappa shape index (κ3) is 5.61. The van der Waals surface area contributed by atoms with Crippen LogP contribution in [-0.4, -0.2) is 81.2 Å². The molecule has 3 aromatic heterocycles. The van der Waals surface area contributed by atoms with Gasteiger partial charge >= 0.3 is 6.01 Å². The van der Waals surface area contributed by atoms with Crippen molar-refractivity contribution in [1.82, 2.24) is 34.8 Å². The van der Waals surface area contributed by atoms with Crippen LogP contribution in [0.1, 0.15) is 43.5 Å². The van der Waals surface area contributed by atoms with Crippen LogP contribution in [0.15, 0.2) is 18.5 Å². The standard InChI is InChI=1S/C24H35N9O2/c1-5-6-17(3)35-24-29-21(25)23-28-14-19(33(23)30-24)12-18-11-16(2)22(27-13-18)32-9-7-31(8-10-32)20(34)15-26-4/h11,13-14,17,26H,5-10,12,15H2,1-4H3,(H2,25,29,30). The molecule has 1 aliphatic heterocycles. The normalized spacial score (nSPS) is 15.0. The number of carbonyl (C=O) groups is 1. The molecule has 3 N–H and O–H groups in total. The minimum absolute atomic E-state index is 0.00603. The zero-order valence-corrected chi connectivity index (χ0v) is 21.0. The molecular weight excluding hydrogens is 446 g/mol. The number of nitrogen functional groups attached to an aromatic ring is 1. The van der Waals surface area contributed by atoms with Crippen LogP contribution in [0, 0.1) is 6.92 Å². The second-order valence-electron chi connectivity index (χ2n) is 9.04. The van der Waals surface area contributed by atoms with E-state index in [4.69, 9.17) is 15.5 Å². The van der Waals surface area contributed by atoms with Crippen molar-refractivity contribution < 1.29 is 9.53 Å². The SMILES string of the molecule is CCCC(C)Oc1nc(N)c2ncc(Cc3cnc(N4CCN(C(=O)CNC)CC4)c(C)c3)n2n1. The summed E-state index contributed by atoms with van der Waals surface area (Å²) < 4.78 is 7.57. The Morgan fingerprint density at radius 3 is 2.69 bits per heavy atom. The first kappa shape index (κ1) is 24.6. The molecule has 4 heterocycles. The zero-order valence-electron chi connectivity index (χ0n) is 21.0. The van der Waals surface area contributed by atoms with E-state index in [1.807, 2.05) is 18.0 Å². The number of carbonyl (C=O) groups excluding carboxylic acids is 1. The molecule has 0 aromatic carbocycles. The Hall–Kier alpha value is -3.47. The first-order valence-corrected chi connectivity index (χ1v) is 12.2. The molecular formula is C24H35N9O2. The molecule has 1 saturated heterocycles. The molecule has 0 aliphatic carbocycles. The van der Waals surface area contributed by atoms with Crippen LogP contribution < -0.4 is 20.7 Å². The van der Waals surface area contributed by atoms with E-state index in [9.17, 15) is 4.79 Å². The maximum absolute atomic E-state index is 12.1. The number of pyridine rings is 1. The van der Waals surface area contributed by atoms with Crippen molar-refractivity contribution in [3.63, 3.8) is 0 Å². The smallest absolute Gasteiger partial charge is 0.336 e. The lowest BCUT2D eigenvalue weighted by Crippen LogP contribution is -2.51. The quantitative estimate of drug-likeness (QED) is 0.467. The van der Waals surface area contributed by atoms with Gasteiger partial charge in [-0.2, -0.15) is 4.98 Å². The van der Waals surface area contributed by atoms with Gasteiger partial charge in [0.05, 0.1) is 24.5 Å². The highest BCUT2D eigenvalue weighted by Crippen LogP contribution is 2.22. The molecule has 11 nitrogen and oxygen atoms in total. The second-order valence-corrected chi connectivity index (χ2v) is 9.04. The average molecular weight is 482 g/mol. The fourth-order valence-electron chi connectivity index (χ4n) is 4.44. The van der Waals surface area contributed by atoms with Gasteiger partial charge in [-0.1, -0.05) is 19.4 Å². The lowest BCUT2D eigenvalue weighted by molar-refractivity contribution is -0.130. The van der Waals surface area contributed by atoms with Crippen molar-refractivity contribution >= 4 is 23.2 Å². The van der Waals surface area contributed by atoms with Gasteiger partial charge < -0.3 is 25.6 Å². The van der Waals surface area contributed by atoms with Crippen LogP contribution >= 0.6 is 0 Å². The molecule has 1 atom stereocenters. The van der Waals surface area contributed by atoms with Gasteiger partial charge in [-0.25, -0.2) is 14.5 Å². The molecule has 1 unspecified atom stereocenters. The highest BCUT2D eigenvalue weighted by atomic mass is 16.5. The average Bonchev–Trinajstić information content (AvgIpc) is 3.22. The number of nitrogens with one attached hydrogen (secondary N) is 1. The summed E-state index contributed by atoms with van der Waals surface area (Å²) >= 11 is 0. The van der Waals surface area contributed by atoms with Gasteiger partial charge in [0.25, 0.3) is 0 Å². The van der Waals surface area contributed by atoms with E-state index in [-0.39, 0.29) is 18.0 Å². The van der Waals surface area contributed by atoms with Crippen LogP contribution in [0.4, 0.5) is 11.6 Å². The third-order valence-corrected chi connectivity index (χ3v) is 6.19. The van der Waals surface area contributed by atoms with E-state index >= 15 is 0 Å². The number of likely N-dealkylation sites (N-methyl/N-ethyl adjacent to an activating group) is 1. The van der Waals surface area contributed by atoms with E-state index in [0.717, 1.165) is 48.6 Å². The van der Waals surface area contributed by atoms with E-state index in [1.54, 1.807) is 17.8 Å². The summed E-state index contributed by atoms with van der Waals surface area (Å²) in [4.78, 5) is 29.7. The molecule has 3 aromatic rings. The number of piperazine rings is 1. The minimum atomic E-state index is 0.00603. The molecule has 0 spiro atoms. The summed E-state index contributed by atoms with van der Waals surface area (Å²) in [5.41, 5.74) is 9.67. The highest BCUT2D eigenvalue weighted by molar-refractivity contribution is 5.78. The number of anilines is 2. The number of aromatic nitrogens is 5. The number of ether oxygens (including phenoxy) is 1. The van der Waals surface area contributed by atoms with E-state index in [0.29, 0.717) is 37.5 Å². The molecule has 1 amide bonds. The first-order valence-electron chi connectivity index (χ1n) is 12.2. The molecule has 0 saturated carbocycles. The van der Waals surface area contributed by atoms with Crippen molar-refractivity contribution in [1.29, 1.82) is 0 Å². The summed E-state index contributed by atoms with van der Waals surface area (Å²) in [6.45, 7) is 9.49. The predicted molar refractivity (Wildman–Crippen MR) is 135 cm³/mol. The van der Waals surface area contributed by atoms with Crippen LogP contribution in [0.2, 0.25) is 0 Å². The number of fused-ring (bicyclic) bond motifs is 1. The number of nitrogens with two attached hydrogens (primary N) is 1. The van der Waals surface area contributed by atoms with Crippen LogP contribution in [0.25, 0.3) is 5.65 Å². The van der Waals surface area contributed by atoms with Gasteiger partial charge in [-0.05, 0) is 38.4 Å². The summed E-state index contributed by atoms with van der Waals surface area (Å²) in [7, 11) is 1.79. The monoisotopic (exact) mass is 481 g/mol. The number of hydrogen-bond acceptors (Lipinski definition) is 9. The van der Waals surface area contributed by atoms with E-state index in [2.05, 4.69) is 45.2 Å². The first-order chi connectivity index (χ1) is 16.9. The van der Waals surface area contributed by atoms with Gasteiger partial charge in [0.2, 0.25) is 5.91 Å². The second kappa shape index (κ2) is 10.9. The van der Waals surface area contributed by atoms with Gasteiger partial charge in [0, 0.05) is 38.8 Å². The van der Waals surface area contributed by atoms with E-state index in [1.165, 1.54) is 0 Å². The fraction of sp³-hybridized carbons (Fsp3) is 0.542. The topological polar surface area (TPSA) is 127 Å². The number of amides is 1. The molecule has 188 valence electrons. The largest absolute Gasteiger partial charge is 0.459 e. The molecule has 0 radical (unpaired) electrons. The molecule has 0 bridgehead atoms. The molecule has 11 heteroatoms. The summed E-state index contributed by atoms with van der Waals surface area (Å²) in [6, 6.07) is 2.40. The zero-order chi connectivity index (χ0) is 24.9. The Kier molecular flexibility index (Phi) is 7.64.